The average molecular weight is 521 g/mol. The third-order valence-corrected chi connectivity index (χ3v) is 8.09. The number of para-hydroxylation sites is 1. The molecule has 0 aliphatic carbocycles. The molecule has 9 heteroatoms. The third-order valence-electron chi connectivity index (χ3n) is 8.09. The largest absolute Gasteiger partial charge is 0.490 e. The number of rotatable bonds is 5. The highest BCUT2D eigenvalue weighted by Gasteiger charge is 2.46. The summed E-state index contributed by atoms with van der Waals surface area (Å²) in [6.45, 7) is 8.06. The molecule has 3 atom stereocenters. The van der Waals surface area contributed by atoms with Crippen LogP contribution in [-0.2, 0) is 4.79 Å². The summed E-state index contributed by atoms with van der Waals surface area (Å²) in [6.07, 6.45) is 1.37. The van der Waals surface area contributed by atoms with Crippen LogP contribution in [0.2, 0.25) is 0 Å². The van der Waals surface area contributed by atoms with Crippen molar-refractivity contribution in [2.75, 3.05) is 6.61 Å². The molecule has 2 aromatic carbocycles. The van der Waals surface area contributed by atoms with E-state index in [4.69, 9.17) is 14.9 Å². The van der Waals surface area contributed by atoms with Gasteiger partial charge < -0.3 is 25.2 Å². The molecule has 202 valence electrons. The molecule has 0 bridgehead atoms. The van der Waals surface area contributed by atoms with Gasteiger partial charge in [0.05, 0.1) is 18.5 Å². The first-order valence-electron chi connectivity index (χ1n) is 13.3. The van der Waals surface area contributed by atoms with Crippen LogP contribution in [0.15, 0.2) is 42.5 Å². The lowest BCUT2D eigenvalue weighted by Gasteiger charge is -2.48. The van der Waals surface area contributed by atoms with Gasteiger partial charge in [-0.25, -0.2) is 0 Å². The molecule has 0 spiro atoms. The van der Waals surface area contributed by atoms with Crippen LogP contribution in [-0.4, -0.2) is 51.6 Å². The summed E-state index contributed by atoms with van der Waals surface area (Å²) in [6, 6.07) is 11.4. The van der Waals surface area contributed by atoms with Crippen LogP contribution in [0.1, 0.15) is 86.9 Å². The van der Waals surface area contributed by atoms with E-state index in [1.165, 1.54) is 4.90 Å². The summed E-state index contributed by atoms with van der Waals surface area (Å²) in [5.41, 5.74) is 0.798. The number of fused-ring (bicyclic) bond motifs is 2. The molecule has 5 rings (SSSR count). The fourth-order valence-electron chi connectivity index (χ4n) is 5.80. The minimum atomic E-state index is -0.890. The predicted molar refractivity (Wildman–Crippen MR) is 142 cm³/mol. The summed E-state index contributed by atoms with van der Waals surface area (Å²) < 4.78 is 11.8. The van der Waals surface area contributed by atoms with Gasteiger partial charge in [0.25, 0.3) is 5.91 Å². The molecule has 1 fully saturated rings. The van der Waals surface area contributed by atoms with Crippen LogP contribution in [0.3, 0.4) is 0 Å². The molecule has 0 saturated carbocycles. The Bertz CT molecular complexity index is 1250. The van der Waals surface area contributed by atoms with Crippen molar-refractivity contribution < 1.29 is 24.2 Å². The first-order chi connectivity index (χ1) is 18.1. The van der Waals surface area contributed by atoms with Gasteiger partial charge in [-0.05, 0) is 51.0 Å². The van der Waals surface area contributed by atoms with E-state index < -0.39 is 29.3 Å². The zero-order valence-corrected chi connectivity index (χ0v) is 22.3. The Balaban J connectivity index is 1.46. The van der Waals surface area contributed by atoms with Crippen LogP contribution in [0.4, 0.5) is 0 Å². The number of nitrogens with one attached hydrogen (secondary N) is 3. The van der Waals surface area contributed by atoms with Crippen molar-refractivity contribution in [3.8, 4) is 11.5 Å². The van der Waals surface area contributed by atoms with Gasteiger partial charge in [0, 0.05) is 28.7 Å². The lowest BCUT2D eigenvalue weighted by Crippen LogP contribution is -2.63. The van der Waals surface area contributed by atoms with Gasteiger partial charge in [0.2, 0.25) is 5.91 Å². The number of amides is 2. The summed E-state index contributed by atoms with van der Waals surface area (Å²) in [5.74, 6) is 0.835. The lowest BCUT2D eigenvalue weighted by molar-refractivity contribution is -0.134. The van der Waals surface area contributed by atoms with E-state index >= 15 is 0 Å². The van der Waals surface area contributed by atoms with Crippen molar-refractivity contribution in [3.63, 3.8) is 0 Å². The smallest absolute Gasteiger partial charge is 0.251 e. The van der Waals surface area contributed by atoms with E-state index in [1.807, 2.05) is 52.0 Å². The van der Waals surface area contributed by atoms with Gasteiger partial charge >= 0.3 is 0 Å². The number of aliphatic hydroxyl groups is 1. The zero-order chi connectivity index (χ0) is 27.2. The normalized spacial score (nSPS) is 25.3. The first kappa shape index (κ1) is 26.0. The maximum Gasteiger partial charge on any atom is 0.251 e. The van der Waals surface area contributed by atoms with E-state index in [9.17, 15) is 14.7 Å². The molecule has 3 aliphatic rings. The molecule has 4 N–H and O–H groups in total. The lowest BCUT2D eigenvalue weighted by atomic mass is 9.83. The molecular formula is C29H36N4O5. The summed E-state index contributed by atoms with van der Waals surface area (Å²) in [4.78, 5) is 28.4. The Morgan fingerprint density at radius 1 is 1.16 bits per heavy atom. The second-order valence-electron chi connectivity index (χ2n) is 11.1. The zero-order valence-electron chi connectivity index (χ0n) is 22.3. The molecule has 3 heterocycles. The molecule has 0 unspecified atom stereocenters. The van der Waals surface area contributed by atoms with E-state index in [-0.39, 0.29) is 24.4 Å². The highest BCUT2D eigenvalue weighted by atomic mass is 16.5. The van der Waals surface area contributed by atoms with Gasteiger partial charge in [-0.3, -0.25) is 19.9 Å². The van der Waals surface area contributed by atoms with Crippen molar-refractivity contribution in [1.82, 2.24) is 15.5 Å². The topological polar surface area (TPSA) is 124 Å². The Morgan fingerprint density at radius 2 is 1.89 bits per heavy atom. The number of benzene rings is 2. The Labute approximate surface area is 223 Å². The molecule has 38 heavy (non-hydrogen) atoms. The van der Waals surface area contributed by atoms with E-state index in [1.54, 1.807) is 18.2 Å². The van der Waals surface area contributed by atoms with Crippen LogP contribution >= 0.6 is 0 Å². The van der Waals surface area contributed by atoms with E-state index in [2.05, 4.69) is 10.6 Å². The monoisotopic (exact) mass is 520 g/mol. The highest BCUT2D eigenvalue weighted by Crippen LogP contribution is 2.44. The summed E-state index contributed by atoms with van der Waals surface area (Å²) in [5, 5.41) is 25.6. The second kappa shape index (κ2) is 9.62. The average Bonchev–Trinajstić information content (AvgIpc) is 2.89. The molecule has 2 amide bonds. The Morgan fingerprint density at radius 3 is 2.61 bits per heavy atom. The van der Waals surface area contributed by atoms with Crippen LogP contribution in [0, 0.1) is 5.41 Å². The fraction of sp³-hybridized carbons (Fsp3) is 0.483. The van der Waals surface area contributed by atoms with Crippen LogP contribution < -0.4 is 20.1 Å². The van der Waals surface area contributed by atoms with Crippen molar-refractivity contribution in [2.24, 2.45) is 0 Å². The molecule has 3 aliphatic heterocycles. The van der Waals surface area contributed by atoms with Gasteiger partial charge in [0.15, 0.2) is 5.96 Å². The Hall–Kier alpha value is -3.59. The molecule has 0 radical (unpaired) electrons. The minimum Gasteiger partial charge on any atom is -0.490 e. The first-order valence-corrected chi connectivity index (χ1v) is 13.3. The third kappa shape index (κ3) is 4.60. The quantitative estimate of drug-likeness (QED) is 0.475. The maximum absolute atomic E-state index is 13.5. The fourth-order valence-corrected chi connectivity index (χ4v) is 5.80. The predicted octanol–water partition coefficient (Wildman–Crippen LogP) is 3.83. The number of nitrogens with zero attached hydrogens (tertiary/aromatic N) is 1. The molecule has 9 nitrogen and oxygen atoms in total. The summed E-state index contributed by atoms with van der Waals surface area (Å²) in [7, 11) is 0. The molecular weight excluding hydrogens is 484 g/mol. The van der Waals surface area contributed by atoms with Crippen molar-refractivity contribution in [3.05, 3.63) is 59.2 Å². The SMILES string of the molecule is CCC1(CC)CC(=O)N([C@@H]2CC(C)(C)Oc3ccc(C(=O)N[C@@H]4c5ccccc5OC[C@@H]4O)cc32)C(=N)N1. The highest BCUT2D eigenvalue weighted by molar-refractivity contribution is 6.00. The number of hydrogen-bond acceptors (Lipinski definition) is 6. The number of carbonyl (C=O) groups is 2. The molecule has 2 aromatic rings. The van der Waals surface area contributed by atoms with Crippen molar-refractivity contribution in [1.29, 1.82) is 5.41 Å². The maximum atomic E-state index is 13.5. The number of guanidine groups is 1. The van der Waals surface area contributed by atoms with E-state index in [0.717, 1.165) is 12.8 Å². The molecule has 0 aromatic heterocycles. The number of hydrogen-bond donors (Lipinski definition) is 4. The second-order valence-corrected chi connectivity index (χ2v) is 11.1. The number of aliphatic hydroxyl groups excluding tert-OH is 1. The minimum absolute atomic E-state index is 0.0791. The van der Waals surface area contributed by atoms with Crippen molar-refractivity contribution >= 4 is 17.8 Å². The molecule has 1 saturated heterocycles. The van der Waals surface area contributed by atoms with Gasteiger partial charge in [-0.15, -0.1) is 0 Å². The van der Waals surface area contributed by atoms with Crippen molar-refractivity contribution in [2.45, 2.75) is 82.7 Å². The van der Waals surface area contributed by atoms with E-state index in [0.29, 0.717) is 41.0 Å². The van der Waals surface area contributed by atoms with Crippen LogP contribution in [0.5, 0.6) is 11.5 Å². The van der Waals surface area contributed by atoms with Gasteiger partial charge in [0.1, 0.15) is 29.8 Å². The Kier molecular flexibility index (Phi) is 6.59. The standard InChI is InChI=1S/C29H36N4O5/c1-5-29(6-2)15-24(35)33(27(30)32-29)20-14-28(3,4)38-23-12-11-17(13-19(20)23)26(36)31-25-18-9-7-8-10-22(18)37-16-21(25)34/h7-13,20-21,25,34H,5-6,14-16H2,1-4H3,(H2,30,32)(H,31,36)/t20-,21+,25-/m1/s1. The number of ether oxygens (including phenoxy) is 2. The number of carbonyl (C=O) groups excluding carboxylic acids is 2. The van der Waals surface area contributed by atoms with Crippen LogP contribution in [0.25, 0.3) is 0 Å². The van der Waals surface area contributed by atoms with Gasteiger partial charge in [-0.1, -0.05) is 32.0 Å². The van der Waals surface area contributed by atoms with Gasteiger partial charge in [-0.2, -0.15) is 0 Å². The summed E-state index contributed by atoms with van der Waals surface area (Å²) >= 11 is 0.